The van der Waals surface area contributed by atoms with Crippen LogP contribution < -0.4 is 14.4 Å². The minimum Gasteiger partial charge on any atom is -0.497 e. The molecule has 0 N–H and O–H groups in total. The van der Waals surface area contributed by atoms with E-state index in [0.29, 0.717) is 23.6 Å². The summed E-state index contributed by atoms with van der Waals surface area (Å²) in [6, 6.07) is 13.6. The van der Waals surface area contributed by atoms with Gasteiger partial charge in [0.15, 0.2) is 0 Å². The highest BCUT2D eigenvalue weighted by molar-refractivity contribution is 5.97. The summed E-state index contributed by atoms with van der Waals surface area (Å²) in [4.78, 5) is 16.8. The molecule has 27 heavy (non-hydrogen) atoms. The smallest absolute Gasteiger partial charge is 0.257 e. The van der Waals surface area contributed by atoms with Crippen molar-refractivity contribution in [1.82, 2.24) is 4.90 Å². The molecule has 144 valence electrons. The van der Waals surface area contributed by atoms with E-state index >= 15 is 0 Å². The number of methoxy groups -OCH3 is 2. The highest BCUT2D eigenvalue weighted by Crippen LogP contribution is 2.26. The lowest BCUT2D eigenvalue weighted by molar-refractivity contribution is 0.0781. The minimum absolute atomic E-state index is 0.0910. The van der Waals surface area contributed by atoms with Crippen LogP contribution in [0.2, 0.25) is 0 Å². The van der Waals surface area contributed by atoms with Crippen LogP contribution in [0.15, 0.2) is 42.5 Å². The van der Waals surface area contributed by atoms with E-state index in [-0.39, 0.29) is 5.91 Å². The molecule has 1 fully saturated rings. The number of rotatable bonds is 6. The van der Waals surface area contributed by atoms with Crippen molar-refractivity contribution in [2.75, 3.05) is 52.5 Å². The first-order valence-corrected chi connectivity index (χ1v) is 9.01. The molecule has 2 aromatic carbocycles. The summed E-state index contributed by atoms with van der Waals surface area (Å²) < 4.78 is 15.9. The molecule has 1 saturated heterocycles. The van der Waals surface area contributed by atoms with Gasteiger partial charge in [0.25, 0.3) is 5.91 Å². The summed E-state index contributed by atoms with van der Waals surface area (Å²) in [6.07, 6.45) is 0. The van der Waals surface area contributed by atoms with Gasteiger partial charge in [0, 0.05) is 38.4 Å². The van der Waals surface area contributed by atoms with E-state index in [9.17, 15) is 4.79 Å². The highest BCUT2D eigenvalue weighted by atomic mass is 16.5. The predicted octanol–water partition coefficient (Wildman–Crippen LogP) is 2.81. The van der Waals surface area contributed by atoms with Gasteiger partial charge < -0.3 is 24.0 Å². The molecule has 0 aliphatic carbocycles. The van der Waals surface area contributed by atoms with Crippen molar-refractivity contribution in [1.29, 1.82) is 0 Å². The molecule has 0 atom stereocenters. The number of hydrogen-bond acceptors (Lipinski definition) is 5. The zero-order chi connectivity index (χ0) is 19.2. The molecule has 0 saturated carbocycles. The Morgan fingerprint density at radius 2 is 1.78 bits per heavy atom. The van der Waals surface area contributed by atoms with Gasteiger partial charge in [-0.25, -0.2) is 0 Å². The molecule has 1 aliphatic heterocycles. The Bertz CT molecular complexity index is 770. The number of benzene rings is 2. The van der Waals surface area contributed by atoms with Crippen LogP contribution in [0, 0.1) is 0 Å². The van der Waals surface area contributed by atoms with E-state index in [1.54, 1.807) is 44.4 Å². The molecule has 0 spiro atoms. The van der Waals surface area contributed by atoms with Crippen molar-refractivity contribution in [3.05, 3.63) is 53.6 Å². The van der Waals surface area contributed by atoms with Crippen molar-refractivity contribution in [2.45, 2.75) is 6.54 Å². The minimum atomic E-state index is -0.0910. The topological polar surface area (TPSA) is 51.2 Å². The van der Waals surface area contributed by atoms with E-state index in [1.807, 2.05) is 0 Å². The number of hydrogen-bond donors (Lipinski definition) is 0. The van der Waals surface area contributed by atoms with Crippen molar-refractivity contribution < 1.29 is 19.0 Å². The Morgan fingerprint density at radius 3 is 2.41 bits per heavy atom. The van der Waals surface area contributed by atoms with Crippen LogP contribution >= 0.6 is 0 Å². The van der Waals surface area contributed by atoms with Gasteiger partial charge >= 0.3 is 0 Å². The van der Waals surface area contributed by atoms with Crippen LogP contribution in [0.25, 0.3) is 0 Å². The van der Waals surface area contributed by atoms with Crippen molar-refractivity contribution in [3.8, 4) is 11.5 Å². The Morgan fingerprint density at radius 1 is 1.07 bits per heavy atom. The number of anilines is 1. The van der Waals surface area contributed by atoms with Crippen LogP contribution in [0.1, 0.15) is 15.9 Å². The fraction of sp³-hybridized carbons (Fsp3) is 0.381. The van der Waals surface area contributed by atoms with E-state index in [2.05, 4.69) is 29.2 Å². The first kappa shape index (κ1) is 19.0. The number of ether oxygens (including phenoxy) is 3. The van der Waals surface area contributed by atoms with Crippen LogP contribution in [0.3, 0.4) is 0 Å². The van der Waals surface area contributed by atoms with Gasteiger partial charge in [-0.3, -0.25) is 4.79 Å². The van der Waals surface area contributed by atoms with Gasteiger partial charge in [-0.05, 0) is 29.8 Å². The zero-order valence-corrected chi connectivity index (χ0v) is 16.1. The lowest BCUT2D eigenvalue weighted by Crippen LogP contribution is -2.36. The van der Waals surface area contributed by atoms with Gasteiger partial charge in [-0.15, -0.1) is 0 Å². The van der Waals surface area contributed by atoms with Crippen LogP contribution in [0.5, 0.6) is 11.5 Å². The van der Waals surface area contributed by atoms with Crippen molar-refractivity contribution >= 4 is 11.6 Å². The molecule has 3 rings (SSSR count). The summed E-state index contributed by atoms with van der Waals surface area (Å²) in [5, 5.41) is 0. The molecule has 6 nitrogen and oxygen atoms in total. The normalized spacial score (nSPS) is 14.0. The van der Waals surface area contributed by atoms with Gasteiger partial charge in [-0.2, -0.15) is 0 Å². The van der Waals surface area contributed by atoms with Gasteiger partial charge in [0.2, 0.25) is 0 Å². The Labute approximate surface area is 160 Å². The Hall–Kier alpha value is -2.73. The van der Waals surface area contributed by atoms with Crippen molar-refractivity contribution in [2.24, 2.45) is 0 Å². The largest absolute Gasteiger partial charge is 0.497 e. The second kappa shape index (κ2) is 8.77. The van der Waals surface area contributed by atoms with E-state index < -0.39 is 0 Å². The summed E-state index contributed by atoms with van der Waals surface area (Å²) in [5.74, 6) is 1.07. The summed E-state index contributed by atoms with van der Waals surface area (Å²) >= 11 is 0. The molecule has 6 heteroatoms. The Balaban J connectivity index is 1.67. The number of nitrogens with zero attached hydrogens (tertiary/aromatic N) is 2. The standard InChI is InChI=1S/C21H26N2O4/c1-22(21(24)19-9-8-18(25-2)14-20(19)26-3)15-16-4-6-17(7-5-16)23-10-12-27-13-11-23/h4-9,14H,10-13,15H2,1-3H3. The molecule has 0 aromatic heterocycles. The average molecular weight is 370 g/mol. The van der Waals surface area contributed by atoms with E-state index in [0.717, 1.165) is 31.9 Å². The maximum Gasteiger partial charge on any atom is 0.257 e. The molecule has 1 heterocycles. The molecule has 0 radical (unpaired) electrons. The molecule has 1 amide bonds. The third kappa shape index (κ3) is 4.52. The number of carbonyl (C=O) groups is 1. The first-order valence-electron chi connectivity index (χ1n) is 9.01. The summed E-state index contributed by atoms with van der Waals surface area (Å²) in [6.45, 7) is 3.88. The molecule has 0 bridgehead atoms. The highest BCUT2D eigenvalue weighted by Gasteiger charge is 2.18. The quantitative estimate of drug-likeness (QED) is 0.783. The van der Waals surface area contributed by atoms with Crippen LogP contribution in [-0.4, -0.2) is 58.4 Å². The lowest BCUT2D eigenvalue weighted by Gasteiger charge is -2.29. The second-order valence-corrected chi connectivity index (χ2v) is 6.49. The Kier molecular flexibility index (Phi) is 6.19. The fourth-order valence-corrected chi connectivity index (χ4v) is 3.16. The van der Waals surface area contributed by atoms with E-state index in [4.69, 9.17) is 14.2 Å². The maximum atomic E-state index is 12.8. The SMILES string of the molecule is COc1ccc(C(=O)N(C)Cc2ccc(N3CCOCC3)cc2)c(OC)c1. The predicted molar refractivity (Wildman–Crippen MR) is 105 cm³/mol. The summed E-state index contributed by atoms with van der Waals surface area (Å²) in [7, 11) is 4.93. The van der Waals surface area contributed by atoms with Crippen LogP contribution in [-0.2, 0) is 11.3 Å². The second-order valence-electron chi connectivity index (χ2n) is 6.49. The fourth-order valence-electron chi connectivity index (χ4n) is 3.16. The summed E-state index contributed by atoms with van der Waals surface area (Å²) in [5.41, 5.74) is 2.79. The van der Waals surface area contributed by atoms with Crippen LogP contribution in [0.4, 0.5) is 5.69 Å². The monoisotopic (exact) mass is 370 g/mol. The lowest BCUT2D eigenvalue weighted by atomic mass is 10.1. The maximum absolute atomic E-state index is 12.8. The van der Waals surface area contributed by atoms with Gasteiger partial charge in [-0.1, -0.05) is 12.1 Å². The molecule has 0 unspecified atom stereocenters. The number of morpholine rings is 1. The van der Waals surface area contributed by atoms with Gasteiger partial charge in [0.05, 0.1) is 33.0 Å². The third-order valence-electron chi connectivity index (χ3n) is 4.72. The van der Waals surface area contributed by atoms with E-state index in [1.165, 1.54) is 5.69 Å². The average Bonchev–Trinajstić information content (AvgIpc) is 2.73. The molecular formula is C21H26N2O4. The molecule has 1 aliphatic rings. The number of amides is 1. The molecule has 2 aromatic rings. The zero-order valence-electron chi connectivity index (χ0n) is 16.1. The first-order chi connectivity index (χ1) is 13.1. The molecular weight excluding hydrogens is 344 g/mol. The number of carbonyl (C=O) groups excluding carboxylic acids is 1. The third-order valence-corrected chi connectivity index (χ3v) is 4.72. The van der Waals surface area contributed by atoms with Gasteiger partial charge in [0.1, 0.15) is 11.5 Å². The van der Waals surface area contributed by atoms with Crippen molar-refractivity contribution in [3.63, 3.8) is 0 Å².